The van der Waals surface area contributed by atoms with Crippen LogP contribution in [-0.2, 0) is 23.9 Å². The number of rotatable bonds is 7. The van der Waals surface area contributed by atoms with E-state index in [9.17, 15) is 31.1 Å². The summed E-state index contributed by atoms with van der Waals surface area (Å²) in [4.78, 5) is 18.0. The van der Waals surface area contributed by atoms with E-state index in [1.807, 2.05) is 0 Å². The molecule has 2 aromatic carbocycles. The van der Waals surface area contributed by atoms with Crippen molar-refractivity contribution in [2.75, 3.05) is 13.2 Å². The maximum absolute atomic E-state index is 14.0. The van der Waals surface area contributed by atoms with Crippen molar-refractivity contribution in [3.8, 4) is 5.75 Å². The maximum atomic E-state index is 14.0. The summed E-state index contributed by atoms with van der Waals surface area (Å²) in [5.74, 6) is -5.15. The molecule has 0 bridgehead atoms. The first-order valence-electron chi connectivity index (χ1n) is 10.9. The molecular formula is C23H21F6N5O2. The molecule has 0 fully saturated rings. The summed E-state index contributed by atoms with van der Waals surface area (Å²) in [5.41, 5.74) is 5.79. The van der Waals surface area contributed by atoms with Gasteiger partial charge in [-0.1, -0.05) is 18.2 Å². The molecule has 0 aliphatic carbocycles. The van der Waals surface area contributed by atoms with Gasteiger partial charge in [-0.15, -0.1) is 5.10 Å². The quantitative estimate of drug-likeness (QED) is 0.385. The Balaban J connectivity index is 1.53. The van der Waals surface area contributed by atoms with Crippen LogP contribution in [0.5, 0.6) is 5.75 Å². The van der Waals surface area contributed by atoms with E-state index in [2.05, 4.69) is 10.1 Å². The highest BCUT2D eigenvalue weighted by Crippen LogP contribution is 2.31. The predicted molar refractivity (Wildman–Crippen MR) is 114 cm³/mol. The number of benzene rings is 2. The maximum Gasteiger partial charge on any atom is 0.453 e. The van der Waals surface area contributed by atoms with E-state index in [0.717, 1.165) is 4.68 Å². The van der Waals surface area contributed by atoms with Gasteiger partial charge < -0.3 is 15.4 Å². The lowest BCUT2D eigenvalue weighted by atomic mass is 10.0. The number of aromatic nitrogens is 3. The molecule has 7 nitrogen and oxygen atoms in total. The highest BCUT2D eigenvalue weighted by atomic mass is 19.4. The number of hydrogen-bond acceptors (Lipinski definition) is 5. The minimum Gasteiger partial charge on any atom is -0.491 e. The summed E-state index contributed by atoms with van der Waals surface area (Å²) in [6.07, 6.45) is -5.37. The number of para-hydroxylation sites is 1. The van der Waals surface area contributed by atoms with E-state index >= 15 is 0 Å². The lowest BCUT2D eigenvalue weighted by molar-refractivity contribution is -0.145. The van der Waals surface area contributed by atoms with Crippen molar-refractivity contribution in [2.45, 2.75) is 37.6 Å². The molecule has 4 rings (SSSR count). The molecule has 2 atom stereocenters. The summed E-state index contributed by atoms with van der Waals surface area (Å²) < 4.78 is 87.1. The molecule has 2 N–H and O–H groups in total. The van der Waals surface area contributed by atoms with E-state index in [-0.39, 0.29) is 43.9 Å². The van der Waals surface area contributed by atoms with Gasteiger partial charge in [-0.25, -0.2) is 22.8 Å². The first-order chi connectivity index (χ1) is 17.0. The molecule has 192 valence electrons. The van der Waals surface area contributed by atoms with Crippen LogP contribution in [0.3, 0.4) is 0 Å². The van der Waals surface area contributed by atoms with Crippen LogP contribution in [0.4, 0.5) is 26.3 Å². The lowest BCUT2D eigenvalue weighted by Gasteiger charge is -2.35. The Morgan fingerprint density at radius 1 is 1.08 bits per heavy atom. The number of amides is 1. The summed E-state index contributed by atoms with van der Waals surface area (Å²) >= 11 is 0. The monoisotopic (exact) mass is 513 g/mol. The lowest BCUT2D eigenvalue weighted by Crippen LogP contribution is -2.46. The second-order valence-electron chi connectivity index (χ2n) is 8.27. The Morgan fingerprint density at radius 2 is 1.78 bits per heavy atom. The Hall–Kier alpha value is -3.61. The number of carbonyl (C=O) groups excluding carboxylic acids is 1. The molecule has 13 heteroatoms. The zero-order chi connectivity index (χ0) is 26.0. The summed E-state index contributed by atoms with van der Waals surface area (Å²) in [5, 5.41) is 3.52. The van der Waals surface area contributed by atoms with Crippen LogP contribution < -0.4 is 10.5 Å². The van der Waals surface area contributed by atoms with Gasteiger partial charge in [0.2, 0.25) is 5.91 Å². The van der Waals surface area contributed by atoms with Gasteiger partial charge in [-0.05, 0) is 30.2 Å². The van der Waals surface area contributed by atoms with Crippen LogP contribution in [0.25, 0.3) is 0 Å². The van der Waals surface area contributed by atoms with Crippen molar-refractivity contribution in [2.24, 2.45) is 5.73 Å². The molecule has 1 amide bonds. The van der Waals surface area contributed by atoms with E-state index in [4.69, 9.17) is 10.5 Å². The average molecular weight is 513 g/mol. The normalized spacial score (nSPS) is 16.5. The number of hydrogen-bond donors (Lipinski definition) is 1. The molecule has 1 aliphatic rings. The third-order valence-electron chi connectivity index (χ3n) is 5.66. The molecule has 36 heavy (non-hydrogen) atoms. The van der Waals surface area contributed by atoms with Gasteiger partial charge in [0, 0.05) is 25.1 Å². The Morgan fingerprint density at radius 3 is 2.47 bits per heavy atom. The minimum absolute atomic E-state index is 0.00155. The van der Waals surface area contributed by atoms with Crippen molar-refractivity contribution in [1.82, 2.24) is 19.7 Å². The molecule has 1 unspecified atom stereocenters. The summed E-state index contributed by atoms with van der Waals surface area (Å²) in [6, 6.07) is 7.55. The van der Waals surface area contributed by atoms with Crippen LogP contribution in [0.2, 0.25) is 0 Å². The Kier molecular flexibility index (Phi) is 7.20. The molecule has 0 saturated carbocycles. The fraction of sp³-hybridized carbons (Fsp3) is 0.348. The number of carbonyl (C=O) groups is 1. The van der Waals surface area contributed by atoms with Crippen molar-refractivity contribution in [3.05, 3.63) is 77.1 Å². The van der Waals surface area contributed by atoms with Gasteiger partial charge in [-0.3, -0.25) is 4.79 Å². The highest BCUT2D eigenvalue weighted by Gasteiger charge is 2.41. The molecule has 1 aliphatic heterocycles. The number of nitrogens with two attached hydrogens (primary N) is 1. The van der Waals surface area contributed by atoms with Gasteiger partial charge in [0.1, 0.15) is 24.2 Å². The SMILES string of the molecule is N[C@@H](CC(=O)N1CCn2nc(C(F)(F)F)nc2C1COc1ccccc1)Cc1cc(F)c(F)cc1F. The van der Waals surface area contributed by atoms with Crippen molar-refractivity contribution < 1.29 is 35.9 Å². The zero-order valence-electron chi connectivity index (χ0n) is 18.7. The van der Waals surface area contributed by atoms with Gasteiger partial charge in [0.05, 0.1) is 6.54 Å². The van der Waals surface area contributed by atoms with Crippen molar-refractivity contribution in [3.63, 3.8) is 0 Å². The molecule has 3 aromatic rings. The molecule has 0 saturated heterocycles. The van der Waals surface area contributed by atoms with Crippen LogP contribution >= 0.6 is 0 Å². The number of halogens is 6. The second-order valence-corrected chi connectivity index (χ2v) is 8.27. The molecular weight excluding hydrogens is 492 g/mol. The minimum atomic E-state index is -4.78. The smallest absolute Gasteiger partial charge is 0.453 e. The molecule has 0 radical (unpaired) electrons. The fourth-order valence-corrected chi connectivity index (χ4v) is 3.95. The summed E-state index contributed by atoms with van der Waals surface area (Å²) in [6.45, 7) is -0.251. The van der Waals surface area contributed by atoms with Crippen LogP contribution in [-0.4, -0.2) is 44.8 Å². The topological polar surface area (TPSA) is 86.3 Å². The largest absolute Gasteiger partial charge is 0.491 e. The fourth-order valence-electron chi connectivity index (χ4n) is 3.95. The highest BCUT2D eigenvalue weighted by molar-refractivity contribution is 5.77. The molecule has 1 aromatic heterocycles. The Bertz CT molecular complexity index is 1230. The van der Waals surface area contributed by atoms with E-state index in [1.165, 1.54) is 4.90 Å². The van der Waals surface area contributed by atoms with Crippen LogP contribution in [0.1, 0.15) is 29.7 Å². The molecule has 2 heterocycles. The third kappa shape index (κ3) is 5.61. The second kappa shape index (κ2) is 10.2. The van der Waals surface area contributed by atoms with E-state index in [0.29, 0.717) is 17.9 Å². The van der Waals surface area contributed by atoms with Crippen molar-refractivity contribution >= 4 is 5.91 Å². The van der Waals surface area contributed by atoms with Gasteiger partial charge in [0.15, 0.2) is 17.5 Å². The number of alkyl halides is 3. The average Bonchev–Trinajstić information content (AvgIpc) is 3.27. The predicted octanol–water partition coefficient (Wildman–Crippen LogP) is 3.64. The molecule has 0 spiro atoms. The standard InChI is InChI=1S/C23H21F6N5O2/c24-16-11-18(26)17(25)9-13(16)8-14(30)10-20(35)33-6-7-34-21(31-22(32-34)23(27,28)29)19(33)12-36-15-4-2-1-3-5-15/h1-5,9,11,14,19H,6-8,10,12,30H2/t14-,19?/m1/s1. The van der Waals surface area contributed by atoms with Gasteiger partial charge >= 0.3 is 6.18 Å². The summed E-state index contributed by atoms with van der Waals surface area (Å²) in [7, 11) is 0. The first kappa shape index (κ1) is 25.5. The number of fused-ring (bicyclic) bond motifs is 1. The van der Waals surface area contributed by atoms with Gasteiger partial charge in [0.25, 0.3) is 5.82 Å². The third-order valence-corrected chi connectivity index (χ3v) is 5.66. The van der Waals surface area contributed by atoms with Crippen LogP contribution in [0, 0.1) is 17.5 Å². The number of nitrogens with zero attached hydrogens (tertiary/aromatic N) is 4. The first-order valence-corrected chi connectivity index (χ1v) is 10.9. The zero-order valence-corrected chi connectivity index (χ0v) is 18.7. The van der Waals surface area contributed by atoms with Gasteiger partial charge in [-0.2, -0.15) is 13.2 Å². The Labute approximate surface area is 201 Å². The van der Waals surface area contributed by atoms with E-state index in [1.54, 1.807) is 30.3 Å². The van der Waals surface area contributed by atoms with E-state index < -0.39 is 47.4 Å². The number of ether oxygens (including phenoxy) is 1. The van der Waals surface area contributed by atoms with Crippen LogP contribution in [0.15, 0.2) is 42.5 Å². The van der Waals surface area contributed by atoms with Crippen molar-refractivity contribution in [1.29, 1.82) is 0 Å².